The largest absolute Gasteiger partial charge is 0.467 e. The van der Waals surface area contributed by atoms with Gasteiger partial charge in [-0.1, -0.05) is 30.3 Å². The summed E-state index contributed by atoms with van der Waals surface area (Å²) in [5.41, 5.74) is 1.03. The van der Waals surface area contributed by atoms with E-state index in [-0.39, 0.29) is 0 Å². The van der Waals surface area contributed by atoms with E-state index in [4.69, 9.17) is 4.42 Å². The molecule has 0 radical (unpaired) electrons. The number of rotatable bonds is 4. The molecule has 0 amide bonds. The van der Waals surface area contributed by atoms with Crippen LogP contribution < -0.4 is 5.32 Å². The lowest BCUT2D eigenvalue weighted by Crippen LogP contribution is -1.97. The summed E-state index contributed by atoms with van der Waals surface area (Å²) < 4.78 is 9.56. The minimum absolute atomic E-state index is 0.621. The zero-order chi connectivity index (χ0) is 12.2. The van der Waals surface area contributed by atoms with Crippen LogP contribution in [0.25, 0.3) is 11.4 Å². The standard InChI is InChI=1S/C13H11N3OS/c1-2-5-10(6-3-1)12-15-13(18-16-12)14-9-11-7-4-8-17-11/h1-8H,9H2,(H,14,15,16). The van der Waals surface area contributed by atoms with Gasteiger partial charge in [-0.25, -0.2) is 0 Å². The van der Waals surface area contributed by atoms with Crippen molar-refractivity contribution in [3.8, 4) is 11.4 Å². The molecule has 1 aromatic carbocycles. The molecule has 0 bridgehead atoms. The Kier molecular flexibility index (Phi) is 3.06. The molecule has 0 spiro atoms. The first-order valence-corrected chi connectivity index (χ1v) is 6.34. The zero-order valence-electron chi connectivity index (χ0n) is 9.54. The molecular formula is C13H11N3OS. The molecule has 0 aliphatic carbocycles. The maximum absolute atomic E-state index is 5.24. The summed E-state index contributed by atoms with van der Waals surface area (Å²) in [6, 6.07) is 13.7. The number of anilines is 1. The van der Waals surface area contributed by atoms with Gasteiger partial charge in [0.25, 0.3) is 0 Å². The summed E-state index contributed by atoms with van der Waals surface area (Å²) in [6.45, 7) is 0.621. The highest BCUT2D eigenvalue weighted by atomic mass is 32.1. The fourth-order valence-electron chi connectivity index (χ4n) is 1.58. The fraction of sp³-hybridized carbons (Fsp3) is 0.0769. The molecule has 4 nitrogen and oxygen atoms in total. The van der Waals surface area contributed by atoms with Crippen LogP contribution in [0, 0.1) is 0 Å². The Bertz CT molecular complexity index is 604. The van der Waals surface area contributed by atoms with E-state index in [0.717, 1.165) is 22.3 Å². The molecule has 0 aliphatic heterocycles. The number of hydrogen-bond donors (Lipinski definition) is 1. The Morgan fingerprint density at radius 1 is 1.11 bits per heavy atom. The van der Waals surface area contributed by atoms with Crippen LogP contribution in [0.5, 0.6) is 0 Å². The lowest BCUT2D eigenvalue weighted by Gasteiger charge is -1.97. The molecule has 3 aromatic rings. The molecule has 0 aliphatic rings. The van der Waals surface area contributed by atoms with Crippen molar-refractivity contribution in [1.29, 1.82) is 0 Å². The lowest BCUT2D eigenvalue weighted by molar-refractivity contribution is 0.518. The highest BCUT2D eigenvalue weighted by molar-refractivity contribution is 7.09. The topological polar surface area (TPSA) is 51.0 Å². The van der Waals surface area contributed by atoms with Crippen molar-refractivity contribution in [3.05, 3.63) is 54.5 Å². The molecular weight excluding hydrogens is 246 g/mol. The smallest absolute Gasteiger partial charge is 0.203 e. The van der Waals surface area contributed by atoms with Crippen molar-refractivity contribution in [2.45, 2.75) is 6.54 Å². The van der Waals surface area contributed by atoms with Gasteiger partial charge in [-0.3, -0.25) is 0 Å². The van der Waals surface area contributed by atoms with E-state index in [2.05, 4.69) is 14.7 Å². The van der Waals surface area contributed by atoms with Crippen LogP contribution in [0.4, 0.5) is 5.13 Å². The molecule has 0 saturated heterocycles. The maximum atomic E-state index is 5.24. The summed E-state index contributed by atoms with van der Waals surface area (Å²) in [6.07, 6.45) is 1.66. The van der Waals surface area contributed by atoms with Gasteiger partial charge in [0.15, 0.2) is 5.82 Å². The number of nitrogens with zero attached hydrogens (tertiary/aromatic N) is 2. The zero-order valence-corrected chi connectivity index (χ0v) is 10.4. The van der Waals surface area contributed by atoms with E-state index in [1.54, 1.807) is 6.26 Å². The Balaban J connectivity index is 1.70. The molecule has 1 N–H and O–H groups in total. The van der Waals surface area contributed by atoms with Crippen LogP contribution in [0.2, 0.25) is 0 Å². The summed E-state index contributed by atoms with van der Waals surface area (Å²) in [5, 5.41) is 3.98. The minimum atomic E-state index is 0.621. The number of aromatic nitrogens is 2. The Hall–Kier alpha value is -2.14. The first-order valence-electron chi connectivity index (χ1n) is 5.57. The molecule has 18 heavy (non-hydrogen) atoms. The number of furan rings is 1. The third-order valence-electron chi connectivity index (χ3n) is 2.45. The van der Waals surface area contributed by atoms with Crippen LogP contribution in [-0.2, 0) is 6.54 Å². The number of hydrogen-bond acceptors (Lipinski definition) is 5. The van der Waals surface area contributed by atoms with Crippen molar-refractivity contribution >= 4 is 16.7 Å². The van der Waals surface area contributed by atoms with Gasteiger partial charge in [0.05, 0.1) is 12.8 Å². The third kappa shape index (κ3) is 2.41. The minimum Gasteiger partial charge on any atom is -0.467 e. The quantitative estimate of drug-likeness (QED) is 0.778. The van der Waals surface area contributed by atoms with Gasteiger partial charge >= 0.3 is 0 Å². The SMILES string of the molecule is c1ccc(-c2nsc(NCc3ccco3)n2)cc1. The van der Waals surface area contributed by atoms with Crippen LogP contribution in [0.1, 0.15) is 5.76 Å². The van der Waals surface area contributed by atoms with E-state index < -0.39 is 0 Å². The molecule has 2 aromatic heterocycles. The van der Waals surface area contributed by atoms with Gasteiger partial charge < -0.3 is 9.73 Å². The second-order valence-electron chi connectivity index (χ2n) is 3.72. The second-order valence-corrected chi connectivity index (χ2v) is 4.47. The highest BCUT2D eigenvalue weighted by Crippen LogP contribution is 2.21. The van der Waals surface area contributed by atoms with Gasteiger partial charge in [0.1, 0.15) is 5.76 Å². The molecule has 3 rings (SSSR count). The first kappa shape index (κ1) is 11.0. The summed E-state index contributed by atoms with van der Waals surface area (Å²) in [5.74, 6) is 1.63. The van der Waals surface area contributed by atoms with Gasteiger partial charge in [-0.15, -0.1) is 0 Å². The Morgan fingerprint density at radius 3 is 2.78 bits per heavy atom. The molecule has 0 saturated carbocycles. The van der Waals surface area contributed by atoms with Gasteiger partial charge in [0.2, 0.25) is 5.13 Å². The molecule has 0 atom stereocenters. The molecule has 2 heterocycles. The van der Waals surface area contributed by atoms with Gasteiger partial charge in [-0.2, -0.15) is 9.36 Å². The van der Waals surface area contributed by atoms with Gasteiger partial charge in [-0.05, 0) is 12.1 Å². The Morgan fingerprint density at radius 2 is 2.00 bits per heavy atom. The fourth-order valence-corrected chi connectivity index (χ4v) is 2.16. The van der Waals surface area contributed by atoms with E-state index >= 15 is 0 Å². The van der Waals surface area contributed by atoms with Crippen LogP contribution >= 0.6 is 11.5 Å². The highest BCUT2D eigenvalue weighted by Gasteiger charge is 2.06. The number of benzene rings is 1. The number of nitrogens with one attached hydrogen (secondary N) is 1. The van der Waals surface area contributed by atoms with Crippen LogP contribution in [0.15, 0.2) is 53.1 Å². The van der Waals surface area contributed by atoms with Crippen molar-refractivity contribution < 1.29 is 4.42 Å². The summed E-state index contributed by atoms with van der Waals surface area (Å²) >= 11 is 1.35. The van der Waals surface area contributed by atoms with E-state index in [0.29, 0.717) is 6.54 Å². The third-order valence-corrected chi connectivity index (χ3v) is 3.12. The lowest BCUT2D eigenvalue weighted by atomic mass is 10.2. The first-order chi connectivity index (χ1) is 8.92. The van der Waals surface area contributed by atoms with Crippen LogP contribution in [-0.4, -0.2) is 9.36 Å². The molecule has 5 heteroatoms. The normalized spacial score (nSPS) is 10.4. The average molecular weight is 257 g/mol. The Labute approximate surface area is 108 Å². The maximum Gasteiger partial charge on any atom is 0.203 e. The predicted molar refractivity (Wildman–Crippen MR) is 71.4 cm³/mol. The van der Waals surface area contributed by atoms with Gasteiger partial charge in [0, 0.05) is 17.1 Å². The van der Waals surface area contributed by atoms with E-state index in [9.17, 15) is 0 Å². The van der Waals surface area contributed by atoms with Crippen molar-refractivity contribution in [3.63, 3.8) is 0 Å². The summed E-state index contributed by atoms with van der Waals surface area (Å²) in [4.78, 5) is 4.43. The molecule has 0 unspecified atom stereocenters. The van der Waals surface area contributed by atoms with E-state index in [1.807, 2.05) is 42.5 Å². The predicted octanol–water partition coefficient (Wildman–Crippen LogP) is 3.41. The monoisotopic (exact) mass is 257 g/mol. The van der Waals surface area contributed by atoms with Crippen molar-refractivity contribution in [1.82, 2.24) is 9.36 Å². The molecule has 0 fully saturated rings. The summed E-state index contributed by atoms with van der Waals surface area (Å²) in [7, 11) is 0. The van der Waals surface area contributed by atoms with Crippen LogP contribution in [0.3, 0.4) is 0 Å². The van der Waals surface area contributed by atoms with Crippen molar-refractivity contribution in [2.75, 3.05) is 5.32 Å². The molecule has 90 valence electrons. The average Bonchev–Trinajstić information content (AvgIpc) is 3.09. The van der Waals surface area contributed by atoms with Crippen molar-refractivity contribution in [2.24, 2.45) is 0 Å². The second kappa shape index (κ2) is 5.01. The van der Waals surface area contributed by atoms with E-state index in [1.165, 1.54) is 11.5 Å².